The molecule has 0 aliphatic carbocycles. The Morgan fingerprint density at radius 3 is 2.69 bits per heavy atom. The highest BCUT2D eigenvalue weighted by molar-refractivity contribution is 6.32. The molecule has 5 heteroatoms. The summed E-state index contributed by atoms with van der Waals surface area (Å²) in [5, 5.41) is 18.6. The molecule has 1 rings (SSSR count). The van der Waals surface area contributed by atoms with Gasteiger partial charge in [-0.15, -0.1) is 0 Å². The number of aliphatic carboxylic acids is 1. The second kappa shape index (κ2) is 5.07. The summed E-state index contributed by atoms with van der Waals surface area (Å²) in [4.78, 5) is 10.6. The quantitative estimate of drug-likeness (QED) is 0.855. The highest BCUT2D eigenvalue weighted by Gasteiger charge is 2.16. The molecule has 0 bridgehead atoms. The van der Waals surface area contributed by atoms with Crippen LogP contribution in [0.2, 0.25) is 5.02 Å². The first kappa shape index (κ1) is 12.6. The first-order valence-corrected chi connectivity index (χ1v) is 5.11. The maximum atomic E-state index is 10.6. The van der Waals surface area contributed by atoms with Gasteiger partial charge in [0.15, 0.2) is 0 Å². The zero-order valence-corrected chi connectivity index (χ0v) is 9.78. The molecule has 0 aromatic heterocycles. The number of aromatic hydroxyl groups is 1. The largest absolute Gasteiger partial charge is 0.508 e. The van der Waals surface area contributed by atoms with E-state index in [1.54, 1.807) is 13.0 Å². The van der Waals surface area contributed by atoms with Gasteiger partial charge < -0.3 is 14.9 Å². The van der Waals surface area contributed by atoms with Crippen LogP contribution in [0.3, 0.4) is 0 Å². The number of methoxy groups -OCH3 is 1. The summed E-state index contributed by atoms with van der Waals surface area (Å²) in [5.41, 5.74) is 0.517. The molecule has 0 aliphatic rings. The van der Waals surface area contributed by atoms with Crippen LogP contribution < -0.4 is 4.74 Å². The first-order chi connectivity index (χ1) is 7.45. The molecule has 0 spiro atoms. The van der Waals surface area contributed by atoms with Gasteiger partial charge in [-0.25, -0.2) is 0 Å². The van der Waals surface area contributed by atoms with E-state index in [0.29, 0.717) is 16.3 Å². The number of halogens is 1. The molecule has 0 saturated carbocycles. The molecule has 4 nitrogen and oxygen atoms in total. The van der Waals surface area contributed by atoms with Crippen molar-refractivity contribution in [1.82, 2.24) is 0 Å². The molecule has 0 fully saturated rings. The number of ether oxygens (including phenoxy) is 1. The molecule has 0 amide bonds. The predicted octanol–water partition coefficient (Wildman–Crippen LogP) is 2.63. The summed E-state index contributed by atoms with van der Waals surface area (Å²) in [6.07, 6.45) is -0.0572. The van der Waals surface area contributed by atoms with Gasteiger partial charge in [0.05, 0.1) is 18.6 Å². The number of hydrogen-bond donors (Lipinski definition) is 2. The number of carbonyl (C=O) groups is 1. The summed E-state index contributed by atoms with van der Waals surface area (Å²) in [5.74, 6) is -0.810. The van der Waals surface area contributed by atoms with Crippen LogP contribution in [0.1, 0.15) is 24.8 Å². The van der Waals surface area contributed by atoms with Crippen molar-refractivity contribution < 1.29 is 19.7 Å². The average Bonchev–Trinajstić information content (AvgIpc) is 2.16. The van der Waals surface area contributed by atoms with Crippen molar-refractivity contribution in [1.29, 1.82) is 0 Å². The summed E-state index contributed by atoms with van der Waals surface area (Å²) in [6, 6.07) is 2.92. The monoisotopic (exact) mass is 244 g/mol. The lowest BCUT2D eigenvalue weighted by Crippen LogP contribution is -2.03. The number of carboxylic acids is 1. The molecular weight excluding hydrogens is 232 g/mol. The van der Waals surface area contributed by atoms with Crippen molar-refractivity contribution in [2.24, 2.45) is 0 Å². The molecule has 1 atom stereocenters. The molecule has 16 heavy (non-hydrogen) atoms. The molecule has 2 N–H and O–H groups in total. The lowest BCUT2D eigenvalue weighted by Gasteiger charge is -2.13. The van der Waals surface area contributed by atoms with Gasteiger partial charge in [0, 0.05) is 11.6 Å². The highest BCUT2D eigenvalue weighted by Crippen LogP contribution is 2.36. The van der Waals surface area contributed by atoms with Gasteiger partial charge in [0.1, 0.15) is 11.5 Å². The molecule has 0 heterocycles. The van der Waals surface area contributed by atoms with Crippen molar-refractivity contribution in [2.45, 2.75) is 19.3 Å². The SMILES string of the molecule is COc1cc(C(C)CC(=O)O)c(O)cc1Cl. The molecule has 1 aromatic carbocycles. The lowest BCUT2D eigenvalue weighted by atomic mass is 9.96. The second-order valence-electron chi connectivity index (χ2n) is 3.54. The van der Waals surface area contributed by atoms with Crippen molar-refractivity contribution in [3.63, 3.8) is 0 Å². The fourth-order valence-corrected chi connectivity index (χ4v) is 1.72. The molecule has 0 aliphatic heterocycles. The van der Waals surface area contributed by atoms with E-state index >= 15 is 0 Å². The van der Waals surface area contributed by atoms with Gasteiger partial charge in [-0.1, -0.05) is 18.5 Å². The van der Waals surface area contributed by atoms with Crippen LogP contribution in [0.15, 0.2) is 12.1 Å². The number of hydrogen-bond acceptors (Lipinski definition) is 3. The maximum Gasteiger partial charge on any atom is 0.303 e. The zero-order chi connectivity index (χ0) is 12.3. The highest BCUT2D eigenvalue weighted by atomic mass is 35.5. The van der Waals surface area contributed by atoms with Crippen molar-refractivity contribution in [3.8, 4) is 11.5 Å². The van der Waals surface area contributed by atoms with Gasteiger partial charge in [0.25, 0.3) is 0 Å². The Kier molecular flexibility index (Phi) is 4.01. The van der Waals surface area contributed by atoms with E-state index in [1.165, 1.54) is 13.2 Å². The Hall–Kier alpha value is -1.42. The summed E-state index contributed by atoms with van der Waals surface area (Å²) in [6.45, 7) is 1.72. The van der Waals surface area contributed by atoms with Crippen LogP contribution in [0.4, 0.5) is 0 Å². The minimum atomic E-state index is -0.916. The minimum Gasteiger partial charge on any atom is -0.508 e. The third-order valence-electron chi connectivity index (χ3n) is 2.31. The maximum absolute atomic E-state index is 10.6. The molecule has 88 valence electrons. The van der Waals surface area contributed by atoms with Crippen molar-refractivity contribution in [3.05, 3.63) is 22.7 Å². The van der Waals surface area contributed by atoms with E-state index in [1.807, 2.05) is 0 Å². The minimum absolute atomic E-state index is 0.0143. The van der Waals surface area contributed by atoms with E-state index in [4.69, 9.17) is 21.4 Å². The normalized spacial score (nSPS) is 12.2. The van der Waals surface area contributed by atoms with Crippen LogP contribution in [-0.4, -0.2) is 23.3 Å². The van der Waals surface area contributed by atoms with Gasteiger partial charge >= 0.3 is 5.97 Å². The van der Waals surface area contributed by atoms with E-state index < -0.39 is 5.97 Å². The van der Waals surface area contributed by atoms with Crippen LogP contribution in [0.25, 0.3) is 0 Å². The van der Waals surface area contributed by atoms with Crippen molar-refractivity contribution >= 4 is 17.6 Å². The number of rotatable bonds is 4. The topological polar surface area (TPSA) is 66.8 Å². The van der Waals surface area contributed by atoms with Gasteiger partial charge in [-0.3, -0.25) is 4.79 Å². The standard InChI is InChI=1S/C11H13ClO4/c1-6(3-11(14)15)7-4-10(16-2)8(12)5-9(7)13/h4-6,13H,3H2,1-2H3,(H,14,15). The second-order valence-corrected chi connectivity index (χ2v) is 3.95. The zero-order valence-electron chi connectivity index (χ0n) is 9.03. The Bertz CT molecular complexity index is 403. The van der Waals surface area contributed by atoms with Gasteiger partial charge in [0.2, 0.25) is 0 Å². The van der Waals surface area contributed by atoms with E-state index in [9.17, 15) is 9.90 Å². The molecule has 1 unspecified atom stereocenters. The third kappa shape index (κ3) is 2.79. The summed E-state index contributed by atoms with van der Waals surface area (Å²) in [7, 11) is 1.46. The molecule has 0 saturated heterocycles. The van der Waals surface area contributed by atoms with Crippen LogP contribution in [0, 0.1) is 0 Å². The van der Waals surface area contributed by atoms with Gasteiger partial charge in [-0.05, 0) is 12.0 Å². The smallest absolute Gasteiger partial charge is 0.303 e. The first-order valence-electron chi connectivity index (χ1n) is 4.74. The Labute approximate surface area is 98.4 Å². The van der Waals surface area contributed by atoms with Crippen LogP contribution >= 0.6 is 11.6 Å². The third-order valence-corrected chi connectivity index (χ3v) is 2.61. The molecule has 1 aromatic rings. The van der Waals surface area contributed by atoms with E-state index in [0.717, 1.165) is 0 Å². The van der Waals surface area contributed by atoms with E-state index in [-0.39, 0.29) is 18.1 Å². The summed E-state index contributed by atoms with van der Waals surface area (Å²) >= 11 is 5.81. The van der Waals surface area contributed by atoms with Gasteiger partial charge in [-0.2, -0.15) is 0 Å². The number of phenols is 1. The Morgan fingerprint density at radius 1 is 1.56 bits per heavy atom. The van der Waals surface area contributed by atoms with Crippen LogP contribution in [-0.2, 0) is 4.79 Å². The number of phenolic OH excluding ortho intramolecular Hbond substituents is 1. The number of benzene rings is 1. The Balaban J connectivity index is 3.08. The van der Waals surface area contributed by atoms with Crippen LogP contribution in [0.5, 0.6) is 11.5 Å². The number of carboxylic acid groups (broad SMARTS) is 1. The predicted molar refractivity (Wildman–Crippen MR) is 60.3 cm³/mol. The lowest BCUT2D eigenvalue weighted by molar-refractivity contribution is -0.137. The molecular formula is C11H13ClO4. The van der Waals surface area contributed by atoms with Crippen molar-refractivity contribution in [2.75, 3.05) is 7.11 Å². The fraction of sp³-hybridized carbons (Fsp3) is 0.364. The Morgan fingerprint density at radius 2 is 2.19 bits per heavy atom. The molecule has 0 radical (unpaired) electrons. The fourth-order valence-electron chi connectivity index (χ4n) is 1.48. The average molecular weight is 245 g/mol. The summed E-state index contributed by atoms with van der Waals surface area (Å²) < 4.78 is 5.01. The van der Waals surface area contributed by atoms with E-state index in [2.05, 4.69) is 0 Å².